The number of unbranched alkanes of at least 4 members (excludes halogenated alkanes) is 14. The van der Waals surface area contributed by atoms with E-state index in [-0.39, 0.29) is 0 Å². The highest BCUT2D eigenvalue weighted by Gasteiger charge is 2.16. The molecule has 0 aliphatic heterocycles. The molecule has 0 saturated carbocycles. The van der Waals surface area contributed by atoms with Crippen LogP contribution >= 0.6 is 7.60 Å². The van der Waals surface area contributed by atoms with Crippen molar-refractivity contribution >= 4 is 7.60 Å². The lowest BCUT2D eigenvalue weighted by atomic mass is 10.0. The van der Waals surface area contributed by atoms with Crippen LogP contribution < -0.4 is 0 Å². The average Bonchev–Trinajstić information content (AvgIpc) is 2.61. The van der Waals surface area contributed by atoms with Crippen LogP contribution in [0.1, 0.15) is 110 Å². The maximum atomic E-state index is 12.0. The van der Waals surface area contributed by atoms with Crippen molar-refractivity contribution in [2.45, 2.75) is 110 Å². The van der Waals surface area contributed by atoms with E-state index in [2.05, 4.69) is 6.92 Å². The molecule has 0 bridgehead atoms. The topological polar surface area (TPSA) is 35.5 Å². The van der Waals surface area contributed by atoms with Crippen LogP contribution in [0.2, 0.25) is 0 Å². The van der Waals surface area contributed by atoms with E-state index in [0.717, 1.165) is 12.8 Å². The molecule has 25 heavy (non-hydrogen) atoms. The lowest BCUT2D eigenvalue weighted by Gasteiger charge is -2.10. The van der Waals surface area contributed by atoms with Crippen molar-refractivity contribution in [1.29, 1.82) is 0 Å². The Morgan fingerprint density at radius 2 is 1.16 bits per heavy atom. The predicted octanol–water partition coefficient (Wildman–Crippen LogP) is 8.25. The Balaban J connectivity index is 3.30. The van der Waals surface area contributed by atoms with Crippen LogP contribution in [0.4, 0.5) is 0 Å². The van der Waals surface area contributed by atoms with E-state index in [1.807, 2.05) is 13.0 Å². The summed E-state index contributed by atoms with van der Waals surface area (Å²) in [5, 5.41) is 0. The van der Waals surface area contributed by atoms with Crippen molar-refractivity contribution < 1.29 is 13.6 Å². The van der Waals surface area contributed by atoms with Gasteiger partial charge in [-0.15, -0.1) is 0 Å². The van der Waals surface area contributed by atoms with E-state index in [1.54, 1.807) is 5.82 Å². The highest BCUT2D eigenvalue weighted by atomic mass is 31.2. The lowest BCUT2D eigenvalue weighted by Crippen LogP contribution is -1.88. The summed E-state index contributed by atoms with van der Waals surface area (Å²) in [5.74, 6) is 1.61. The fourth-order valence-electron chi connectivity index (χ4n) is 3.00. The van der Waals surface area contributed by atoms with Gasteiger partial charge in [-0.1, -0.05) is 96.5 Å². The molecule has 150 valence electrons. The van der Waals surface area contributed by atoms with Gasteiger partial charge in [-0.2, -0.15) is 0 Å². The highest BCUT2D eigenvalue weighted by molar-refractivity contribution is 7.57. The first-order chi connectivity index (χ1) is 12.2. The van der Waals surface area contributed by atoms with Crippen molar-refractivity contribution in [2.75, 3.05) is 13.7 Å². The highest BCUT2D eigenvalue weighted by Crippen LogP contribution is 2.48. The summed E-state index contributed by atoms with van der Waals surface area (Å²) in [7, 11) is -1.53. The Labute approximate surface area is 157 Å². The molecular formula is C21H43O3P. The first-order valence-electron chi connectivity index (χ1n) is 10.7. The third-order valence-electron chi connectivity index (χ3n) is 4.58. The van der Waals surface area contributed by atoms with Crippen molar-refractivity contribution in [3.8, 4) is 0 Å². The normalized spacial score (nSPS) is 14.2. The van der Waals surface area contributed by atoms with Crippen LogP contribution in [0.25, 0.3) is 0 Å². The zero-order valence-electron chi connectivity index (χ0n) is 17.1. The van der Waals surface area contributed by atoms with E-state index < -0.39 is 7.60 Å². The standard InChI is InChI=1S/C21H43O3P/c1-4-6-7-8-9-10-11-12-13-14-15-16-17-18-19-20-21-25(22,23-3)24-5-2/h20-21H,4-19H2,1-3H3/b21-20+. The second-order valence-corrected chi connectivity index (χ2v) is 8.91. The van der Waals surface area contributed by atoms with Crippen LogP contribution in [-0.2, 0) is 13.6 Å². The van der Waals surface area contributed by atoms with Gasteiger partial charge in [0.2, 0.25) is 0 Å². The lowest BCUT2D eigenvalue weighted by molar-refractivity contribution is 0.253. The first-order valence-corrected chi connectivity index (χ1v) is 12.3. The molecule has 0 aromatic carbocycles. The van der Waals surface area contributed by atoms with Gasteiger partial charge in [0.1, 0.15) is 0 Å². The Hall–Kier alpha value is -0.110. The van der Waals surface area contributed by atoms with Crippen LogP contribution in [-0.4, -0.2) is 13.7 Å². The first kappa shape index (κ1) is 24.9. The molecule has 1 atom stereocenters. The van der Waals surface area contributed by atoms with Gasteiger partial charge >= 0.3 is 7.60 Å². The molecule has 0 aliphatic rings. The molecule has 0 rings (SSSR count). The predicted molar refractivity (Wildman–Crippen MR) is 110 cm³/mol. The van der Waals surface area contributed by atoms with Gasteiger partial charge in [0.05, 0.1) is 6.61 Å². The molecule has 0 aromatic heterocycles. The number of allylic oxidation sites excluding steroid dienone is 1. The quantitative estimate of drug-likeness (QED) is 0.169. The minimum atomic E-state index is -2.97. The average molecular weight is 375 g/mol. The monoisotopic (exact) mass is 374 g/mol. The third kappa shape index (κ3) is 17.1. The van der Waals surface area contributed by atoms with Crippen molar-refractivity contribution in [2.24, 2.45) is 0 Å². The second kappa shape index (κ2) is 18.7. The molecule has 0 heterocycles. The molecule has 0 saturated heterocycles. The maximum Gasteiger partial charge on any atom is 0.353 e. The zero-order valence-corrected chi connectivity index (χ0v) is 18.0. The fourth-order valence-corrected chi connectivity index (χ4v) is 4.08. The van der Waals surface area contributed by atoms with Gasteiger partial charge < -0.3 is 9.05 Å². The van der Waals surface area contributed by atoms with Crippen LogP contribution in [0, 0.1) is 0 Å². The number of rotatable bonds is 19. The minimum Gasteiger partial charge on any atom is -0.309 e. The summed E-state index contributed by atoms with van der Waals surface area (Å²) in [6.45, 7) is 4.51. The minimum absolute atomic E-state index is 0.411. The largest absolute Gasteiger partial charge is 0.353 e. The summed E-state index contributed by atoms with van der Waals surface area (Å²) in [6.07, 6.45) is 22.1. The number of hydrogen-bond donors (Lipinski definition) is 0. The zero-order chi connectivity index (χ0) is 18.6. The summed E-state index contributed by atoms with van der Waals surface area (Å²) in [5.41, 5.74) is 0. The van der Waals surface area contributed by atoms with E-state index in [1.165, 1.54) is 90.6 Å². The van der Waals surface area contributed by atoms with Gasteiger partial charge in [0.15, 0.2) is 0 Å². The SMILES string of the molecule is CCCCCCCCCCCCCCCC/C=C/P(=O)(OC)OCC. The molecule has 0 N–H and O–H groups in total. The maximum absolute atomic E-state index is 12.0. The molecule has 0 spiro atoms. The summed E-state index contributed by atoms with van der Waals surface area (Å²) in [4.78, 5) is 0. The Morgan fingerprint density at radius 3 is 1.56 bits per heavy atom. The summed E-state index contributed by atoms with van der Waals surface area (Å²) < 4.78 is 22.1. The van der Waals surface area contributed by atoms with Crippen LogP contribution in [0.5, 0.6) is 0 Å². The van der Waals surface area contributed by atoms with Crippen LogP contribution in [0.15, 0.2) is 11.9 Å². The summed E-state index contributed by atoms with van der Waals surface area (Å²) in [6, 6.07) is 0. The molecular weight excluding hydrogens is 331 g/mol. The summed E-state index contributed by atoms with van der Waals surface area (Å²) >= 11 is 0. The molecule has 3 nitrogen and oxygen atoms in total. The van der Waals surface area contributed by atoms with E-state index in [0.29, 0.717) is 6.61 Å². The smallest absolute Gasteiger partial charge is 0.309 e. The Kier molecular flexibility index (Phi) is 18.6. The fraction of sp³-hybridized carbons (Fsp3) is 0.905. The Morgan fingerprint density at radius 1 is 0.720 bits per heavy atom. The van der Waals surface area contributed by atoms with E-state index >= 15 is 0 Å². The molecule has 0 aromatic rings. The van der Waals surface area contributed by atoms with Crippen LogP contribution in [0.3, 0.4) is 0 Å². The van der Waals surface area contributed by atoms with E-state index in [9.17, 15) is 4.57 Å². The van der Waals surface area contributed by atoms with Gasteiger partial charge in [-0.3, -0.25) is 4.57 Å². The molecule has 0 fully saturated rings. The molecule has 1 unspecified atom stereocenters. The molecule has 0 radical (unpaired) electrons. The van der Waals surface area contributed by atoms with Gasteiger partial charge in [0.25, 0.3) is 0 Å². The number of hydrogen-bond acceptors (Lipinski definition) is 3. The second-order valence-electron chi connectivity index (χ2n) is 6.91. The van der Waals surface area contributed by atoms with Gasteiger partial charge in [-0.25, -0.2) is 0 Å². The van der Waals surface area contributed by atoms with E-state index in [4.69, 9.17) is 9.05 Å². The van der Waals surface area contributed by atoms with Crippen molar-refractivity contribution in [3.63, 3.8) is 0 Å². The molecule has 4 heteroatoms. The van der Waals surface area contributed by atoms with Gasteiger partial charge in [0, 0.05) is 12.9 Å². The third-order valence-corrected chi connectivity index (χ3v) is 6.28. The Bertz CT molecular complexity index is 342. The molecule has 0 aliphatic carbocycles. The van der Waals surface area contributed by atoms with Gasteiger partial charge in [-0.05, 0) is 19.8 Å². The van der Waals surface area contributed by atoms with Crippen molar-refractivity contribution in [3.05, 3.63) is 11.9 Å². The van der Waals surface area contributed by atoms with Crippen molar-refractivity contribution in [1.82, 2.24) is 0 Å². The molecule has 0 amide bonds.